The van der Waals surface area contributed by atoms with Crippen LogP contribution in [0.2, 0.25) is 5.02 Å². The highest BCUT2D eigenvalue weighted by molar-refractivity contribution is 6.32. The quantitative estimate of drug-likeness (QED) is 0.521. The second-order valence-electron chi connectivity index (χ2n) is 5.71. The maximum absolute atomic E-state index is 12.0. The Bertz CT molecular complexity index is 761. The Morgan fingerprint density at radius 2 is 1.70 bits per heavy atom. The van der Waals surface area contributed by atoms with Gasteiger partial charge in [-0.15, -0.1) is 0 Å². The summed E-state index contributed by atoms with van der Waals surface area (Å²) in [6, 6.07) is 13.4. The summed E-state index contributed by atoms with van der Waals surface area (Å²) in [5.74, 6) is -0.283. The second-order valence-corrected chi connectivity index (χ2v) is 6.12. The predicted molar refractivity (Wildman–Crippen MR) is 105 cm³/mol. The molecule has 0 fully saturated rings. The van der Waals surface area contributed by atoms with E-state index in [-0.39, 0.29) is 19.2 Å². The third-order valence-corrected chi connectivity index (χ3v) is 4.18. The summed E-state index contributed by atoms with van der Waals surface area (Å²) >= 11 is 5.98. The van der Waals surface area contributed by atoms with E-state index in [1.165, 1.54) is 0 Å². The normalized spacial score (nSPS) is 10.5. The van der Waals surface area contributed by atoms with Crippen molar-refractivity contribution >= 4 is 29.2 Å². The summed E-state index contributed by atoms with van der Waals surface area (Å²) in [4.78, 5) is 26.0. The zero-order chi connectivity index (χ0) is 19.6. The van der Waals surface area contributed by atoms with Crippen LogP contribution in [-0.4, -0.2) is 43.2 Å². The molecule has 0 saturated carbocycles. The standard InChI is InChI=1S/C20H23ClN2O4/c1-3-23(4-2)14-27-20(25)15-9-11-16(12-10-15)22-19(24)13-26-18-8-6-5-7-17(18)21/h5-12H,3-4,13-14H2,1-2H3,(H,22,24). The number of benzene rings is 2. The number of halogens is 1. The Balaban J connectivity index is 1.83. The molecule has 0 aliphatic rings. The molecular weight excluding hydrogens is 368 g/mol. The summed E-state index contributed by atoms with van der Waals surface area (Å²) in [5.41, 5.74) is 0.982. The molecule has 0 aromatic heterocycles. The molecule has 7 heteroatoms. The first kappa shape index (κ1) is 20.7. The first-order valence-corrected chi connectivity index (χ1v) is 9.08. The van der Waals surface area contributed by atoms with Crippen molar-refractivity contribution in [1.82, 2.24) is 4.90 Å². The number of rotatable bonds is 9. The number of carbonyl (C=O) groups is 2. The highest BCUT2D eigenvalue weighted by Crippen LogP contribution is 2.23. The van der Waals surface area contributed by atoms with Crippen molar-refractivity contribution in [3.63, 3.8) is 0 Å². The number of para-hydroxylation sites is 1. The molecule has 1 N–H and O–H groups in total. The van der Waals surface area contributed by atoms with Gasteiger partial charge in [0.1, 0.15) is 12.5 Å². The van der Waals surface area contributed by atoms with Crippen LogP contribution in [0.25, 0.3) is 0 Å². The van der Waals surface area contributed by atoms with Gasteiger partial charge in [-0.2, -0.15) is 0 Å². The van der Waals surface area contributed by atoms with Gasteiger partial charge in [0.2, 0.25) is 0 Å². The van der Waals surface area contributed by atoms with Crippen molar-refractivity contribution < 1.29 is 19.1 Å². The Hall–Kier alpha value is -2.57. The van der Waals surface area contributed by atoms with Crippen molar-refractivity contribution in [3.05, 3.63) is 59.1 Å². The number of ether oxygens (including phenoxy) is 2. The van der Waals surface area contributed by atoms with Gasteiger partial charge >= 0.3 is 5.97 Å². The first-order valence-electron chi connectivity index (χ1n) is 8.70. The smallest absolute Gasteiger partial charge is 0.339 e. The Labute approximate surface area is 164 Å². The lowest BCUT2D eigenvalue weighted by molar-refractivity contribution is -0.118. The minimum atomic E-state index is -0.401. The number of nitrogens with zero attached hydrogens (tertiary/aromatic N) is 1. The van der Waals surface area contributed by atoms with Gasteiger partial charge in [-0.25, -0.2) is 4.79 Å². The van der Waals surface area contributed by atoms with Crippen LogP contribution in [0, 0.1) is 0 Å². The van der Waals surface area contributed by atoms with Gasteiger partial charge in [0.05, 0.1) is 10.6 Å². The van der Waals surface area contributed by atoms with Gasteiger partial charge in [0, 0.05) is 5.69 Å². The fraction of sp³-hybridized carbons (Fsp3) is 0.300. The molecule has 0 atom stereocenters. The van der Waals surface area contributed by atoms with E-state index in [2.05, 4.69) is 5.32 Å². The molecule has 2 aromatic rings. The van der Waals surface area contributed by atoms with E-state index >= 15 is 0 Å². The minimum absolute atomic E-state index is 0.169. The van der Waals surface area contributed by atoms with Gasteiger partial charge in [-0.3, -0.25) is 9.69 Å². The number of hydrogen-bond acceptors (Lipinski definition) is 5. The molecule has 1 amide bonds. The molecule has 6 nitrogen and oxygen atoms in total. The van der Waals surface area contributed by atoms with Crippen molar-refractivity contribution in [3.8, 4) is 5.75 Å². The fourth-order valence-electron chi connectivity index (χ4n) is 2.23. The highest BCUT2D eigenvalue weighted by Gasteiger charge is 2.10. The summed E-state index contributed by atoms with van der Waals surface area (Å²) in [6.07, 6.45) is 0. The van der Waals surface area contributed by atoms with Crippen LogP contribution in [0.15, 0.2) is 48.5 Å². The lowest BCUT2D eigenvalue weighted by atomic mass is 10.2. The molecule has 0 spiro atoms. The second kappa shape index (κ2) is 10.5. The van der Waals surface area contributed by atoms with Crippen LogP contribution in [-0.2, 0) is 9.53 Å². The lowest BCUT2D eigenvalue weighted by Gasteiger charge is -2.17. The Morgan fingerprint density at radius 1 is 1.04 bits per heavy atom. The van der Waals surface area contributed by atoms with Gasteiger partial charge < -0.3 is 14.8 Å². The van der Waals surface area contributed by atoms with Crippen molar-refractivity contribution in [2.24, 2.45) is 0 Å². The summed E-state index contributed by atoms with van der Waals surface area (Å²) in [6.45, 7) is 5.71. The SMILES string of the molecule is CCN(CC)COC(=O)c1ccc(NC(=O)COc2ccccc2Cl)cc1. The number of esters is 1. The lowest BCUT2D eigenvalue weighted by Crippen LogP contribution is -2.27. The van der Waals surface area contributed by atoms with Gasteiger partial charge in [0.15, 0.2) is 6.61 Å². The zero-order valence-corrected chi connectivity index (χ0v) is 16.2. The molecule has 2 rings (SSSR count). The molecule has 0 radical (unpaired) electrons. The number of carbonyl (C=O) groups excluding carboxylic acids is 2. The molecule has 0 unspecified atom stereocenters. The maximum Gasteiger partial charge on any atom is 0.339 e. The van der Waals surface area contributed by atoms with E-state index in [9.17, 15) is 9.59 Å². The summed E-state index contributed by atoms with van der Waals surface area (Å²) in [5, 5.41) is 3.14. The van der Waals surface area contributed by atoms with E-state index in [4.69, 9.17) is 21.1 Å². The number of nitrogens with one attached hydrogen (secondary N) is 1. The van der Waals surface area contributed by atoms with E-state index in [1.807, 2.05) is 18.7 Å². The molecule has 0 aliphatic heterocycles. The van der Waals surface area contributed by atoms with Crippen LogP contribution >= 0.6 is 11.6 Å². The molecule has 0 bridgehead atoms. The molecule has 0 heterocycles. The topological polar surface area (TPSA) is 67.9 Å². The Kier molecular flexibility index (Phi) is 8.10. The molecular formula is C20H23ClN2O4. The van der Waals surface area contributed by atoms with Crippen LogP contribution < -0.4 is 10.1 Å². The molecule has 2 aromatic carbocycles. The zero-order valence-electron chi connectivity index (χ0n) is 15.4. The molecule has 144 valence electrons. The maximum atomic E-state index is 12.0. The molecule has 0 aliphatic carbocycles. The molecule has 0 saturated heterocycles. The van der Waals surface area contributed by atoms with Crippen molar-refractivity contribution in [2.45, 2.75) is 13.8 Å². The number of hydrogen-bond donors (Lipinski definition) is 1. The first-order chi connectivity index (χ1) is 13.0. The third-order valence-electron chi connectivity index (χ3n) is 3.87. The third kappa shape index (κ3) is 6.58. The largest absolute Gasteiger partial charge is 0.482 e. The van der Waals surface area contributed by atoms with Gasteiger partial charge in [-0.1, -0.05) is 37.6 Å². The van der Waals surface area contributed by atoms with Crippen molar-refractivity contribution in [2.75, 3.05) is 31.7 Å². The van der Waals surface area contributed by atoms with Gasteiger partial charge in [0.25, 0.3) is 5.91 Å². The fourth-order valence-corrected chi connectivity index (χ4v) is 2.42. The van der Waals surface area contributed by atoms with E-state index in [0.29, 0.717) is 22.0 Å². The average molecular weight is 391 g/mol. The van der Waals surface area contributed by atoms with Crippen LogP contribution in [0.4, 0.5) is 5.69 Å². The highest BCUT2D eigenvalue weighted by atomic mass is 35.5. The van der Waals surface area contributed by atoms with E-state index < -0.39 is 5.97 Å². The summed E-state index contributed by atoms with van der Waals surface area (Å²) in [7, 11) is 0. The number of amides is 1. The van der Waals surface area contributed by atoms with E-state index in [0.717, 1.165) is 13.1 Å². The minimum Gasteiger partial charge on any atom is -0.482 e. The van der Waals surface area contributed by atoms with Crippen LogP contribution in [0.3, 0.4) is 0 Å². The monoisotopic (exact) mass is 390 g/mol. The Morgan fingerprint density at radius 3 is 2.33 bits per heavy atom. The van der Waals surface area contributed by atoms with Crippen LogP contribution in [0.5, 0.6) is 5.75 Å². The molecule has 27 heavy (non-hydrogen) atoms. The van der Waals surface area contributed by atoms with Gasteiger partial charge in [-0.05, 0) is 49.5 Å². The number of anilines is 1. The van der Waals surface area contributed by atoms with Crippen molar-refractivity contribution in [1.29, 1.82) is 0 Å². The van der Waals surface area contributed by atoms with E-state index in [1.54, 1.807) is 48.5 Å². The predicted octanol–water partition coefficient (Wildman–Crippen LogP) is 3.81. The van der Waals surface area contributed by atoms with Crippen LogP contribution in [0.1, 0.15) is 24.2 Å². The average Bonchev–Trinajstić information content (AvgIpc) is 2.68. The summed E-state index contributed by atoms with van der Waals surface area (Å²) < 4.78 is 10.6.